The normalized spacial score (nSPS) is 11.3. The highest BCUT2D eigenvalue weighted by Gasteiger charge is 2.34. The third-order valence-corrected chi connectivity index (χ3v) is 3.29. The summed E-state index contributed by atoms with van der Waals surface area (Å²) in [5.41, 5.74) is 5.22. The molecule has 1 aromatic rings. The van der Waals surface area contributed by atoms with Gasteiger partial charge in [0.2, 0.25) is 0 Å². The molecule has 1 heterocycles. The van der Waals surface area contributed by atoms with Crippen molar-refractivity contribution in [1.82, 2.24) is 9.88 Å². The molecule has 21 heavy (non-hydrogen) atoms. The van der Waals surface area contributed by atoms with Crippen molar-refractivity contribution < 1.29 is 27.5 Å². The highest BCUT2D eigenvalue weighted by atomic mass is 32.1. The first kappa shape index (κ1) is 17.4. The third kappa shape index (κ3) is 5.68. The first-order chi connectivity index (χ1) is 9.76. The van der Waals surface area contributed by atoms with Gasteiger partial charge in [0.15, 0.2) is 0 Å². The van der Waals surface area contributed by atoms with Gasteiger partial charge in [-0.25, -0.2) is 4.98 Å². The first-order valence-corrected chi connectivity index (χ1v) is 6.72. The molecular formula is C11H14F3N3O3S. The summed E-state index contributed by atoms with van der Waals surface area (Å²) in [6.45, 7) is -1.77. The minimum Gasteiger partial charge on any atom is -0.469 e. The van der Waals surface area contributed by atoms with E-state index in [4.69, 9.17) is 5.73 Å². The van der Waals surface area contributed by atoms with E-state index >= 15 is 0 Å². The zero-order valence-electron chi connectivity index (χ0n) is 11.1. The highest BCUT2D eigenvalue weighted by Crippen LogP contribution is 2.19. The summed E-state index contributed by atoms with van der Waals surface area (Å²) in [6, 6.07) is 0. The zero-order chi connectivity index (χ0) is 16.0. The van der Waals surface area contributed by atoms with Gasteiger partial charge in [0, 0.05) is 18.5 Å². The molecule has 1 amide bonds. The molecule has 6 nitrogen and oxygen atoms in total. The molecule has 0 aliphatic heterocycles. The van der Waals surface area contributed by atoms with E-state index in [0.29, 0.717) is 9.91 Å². The lowest BCUT2D eigenvalue weighted by molar-refractivity contribution is -0.147. The first-order valence-electron chi connectivity index (χ1n) is 5.84. The van der Waals surface area contributed by atoms with E-state index in [-0.39, 0.29) is 18.7 Å². The lowest BCUT2D eigenvalue weighted by Gasteiger charge is -2.22. The van der Waals surface area contributed by atoms with Crippen molar-refractivity contribution in [2.45, 2.75) is 19.1 Å². The van der Waals surface area contributed by atoms with Crippen molar-refractivity contribution in [2.24, 2.45) is 5.73 Å². The third-order valence-electron chi connectivity index (χ3n) is 2.42. The lowest BCUT2D eigenvalue weighted by atomic mass is 10.3. The zero-order valence-corrected chi connectivity index (χ0v) is 12.0. The number of methoxy groups -OCH3 is 1. The predicted octanol–water partition coefficient (Wildman–Crippen LogP) is 1.17. The van der Waals surface area contributed by atoms with Crippen LogP contribution in [0.5, 0.6) is 0 Å². The minimum atomic E-state index is -4.57. The summed E-state index contributed by atoms with van der Waals surface area (Å²) in [5.74, 6) is -1.59. The molecule has 2 N–H and O–H groups in total. The monoisotopic (exact) mass is 325 g/mol. The van der Waals surface area contributed by atoms with Crippen LogP contribution in [0.4, 0.5) is 13.2 Å². The van der Waals surface area contributed by atoms with Crippen LogP contribution in [0.25, 0.3) is 0 Å². The second kappa shape index (κ2) is 7.36. The maximum Gasteiger partial charge on any atom is 0.406 e. The van der Waals surface area contributed by atoms with E-state index in [1.54, 1.807) is 0 Å². The number of alkyl halides is 3. The number of esters is 1. The number of nitrogens with two attached hydrogens (primary N) is 1. The van der Waals surface area contributed by atoms with Crippen LogP contribution in [0.2, 0.25) is 0 Å². The van der Waals surface area contributed by atoms with Crippen LogP contribution in [0.3, 0.4) is 0 Å². The Morgan fingerprint density at radius 2 is 2.14 bits per heavy atom. The van der Waals surface area contributed by atoms with Gasteiger partial charge in [-0.1, -0.05) is 0 Å². The molecule has 1 rings (SSSR count). The molecule has 0 atom stereocenters. The molecular weight excluding hydrogens is 311 g/mol. The number of rotatable bonds is 6. The SMILES string of the molecule is COC(=O)CCN(CC(F)(F)F)C(=O)c1csc(CN)n1. The number of hydrogen-bond acceptors (Lipinski definition) is 6. The number of carbonyl (C=O) groups is 2. The van der Waals surface area contributed by atoms with Gasteiger partial charge in [-0.3, -0.25) is 9.59 Å². The number of halogens is 3. The standard InChI is InChI=1S/C11H14F3N3O3S/c1-20-9(18)2-3-17(6-11(12,13)14)10(19)7-5-21-8(4-15)16-7/h5H,2-4,6,15H2,1H3. The summed E-state index contributed by atoms with van der Waals surface area (Å²) >= 11 is 1.09. The Kier molecular flexibility index (Phi) is 6.09. The Bertz CT molecular complexity index is 504. The van der Waals surface area contributed by atoms with Crippen molar-refractivity contribution in [2.75, 3.05) is 20.2 Å². The Balaban J connectivity index is 2.83. The molecule has 0 saturated carbocycles. The number of thiazole rings is 1. The van der Waals surface area contributed by atoms with Crippen LogP contribution in [-0.4, -0.2) is 48.1 Å². The summed E-state index contributed by atoms with van der Waals surface area (Å²) in [6.07, 6.45) is -4.90. The van der Waals surface area contributed by atoms with Crippen LogP contribution >= 0.6 is 11.3 Å². The van der Waals surface area contributed by atoms with Gasteiger partial charge in [0.1, 0.15) is 17.2 Å². The molecule has 0 unspecified atom stereocenters. The Hall–Kier alpha value is -1.68. The van der Waals surface area contributed by atoms with E-state index < -0.39 is 31.1 Å². The predicted molar refractivity (Wildman–Crippen MR) is 68.6 cm³/mol. The van der Waals surface area contributed by atoms with Gasteiger partial charge in [0.05, 0.1) is 13.5 Å². The van der Waals surface area contributed by atoms with Crippen molar-refractivity contribution in [1.29, 1.82) is 0 Å². The maximum absolute atomic E-state index is 12.5. The number of carbonyl (C=O) groups excluding carboxylic acids is 2. The van der Waals surface area contributed by atoms with Gasteiger partial charge in [-0.05, 0) is 0 Å². The fraction of sp³-hybridized carbons (Fsp3) is 0.545. The maximum atomic E-state index is 12.5. The minimum absolute atomic E-state index is 0.0966. The quantitative estimate of drug-likeness (QED) is 0.794. The number of hydrogen-bond donors (Lipinski definition) is 1. The van der Waals surface area contributed by atoms with Crippen molar-refractivity contribution in [3.8, 4) is 0 Å². The second-order valence-electron chi connectivity index (χ2n) is 4.00. The largest absolute Gasteiger partial charge is 0.469 e. The molecule has 0 spiro atoms. The molecule has 0 bridgehead atoms. The van der Waals surface area contributed by atoms with Gasteiger partial charge in [-0.2, -0.15) is 13.2 Å². The van der Waals surface area contributed by atoms with Gasteiger partial charge < -0.3 is 15.4 Å². The van der Waals surface area contributed by atoms with Gasteiger partial charge in [-0.15, -0.1) is 11.3 Å². The number of amides is 1. The average Bonchev–Trinajstić information content (AvgIpc) is 2.89. The van der Waals surface area contributed by atoms with E-state index in [2.05, 4.69) is 9.72 Å². The van der Waals surface area contributed by atoms with Crippen LogP contribution in [0, 0.1) is 0 Å². The van der Waals surface area contributed by atoms with Gasteiger partial charge in [0.25, 0.3) is 5.91 Å². The number of ether oxygens (including phenoxy) is 1. The molecule has 0 aliphatic rings. The summed E-state index contributed by atoms with van der Waals surface area (Å²) in [7, 11) is 1.12. The molecule has 0 aliphatic carbocycles. The van der Waals surface area contributed by atoms with Crippen LogP contribution in [0.15, 0.2) is 5.38 Å². The molecule has 0 radical (unpaired) electrons. The smallest absolute Gasteiger partial charge is 0.406 e. The van der Waals surface area contributed by atoms with Gasteiger partial charge >= 0.3 is 12.1 Å². The topological polar surface area (TPSA) is 85.5 Å². The number of nitrogens with zero attached hydrogens (tertiary/aromatic N) is 2. The fourth-order valence-electron chi connectivity index (χ4n) is 1.46. The molecule has 10 heteroatoms. The Morgan fingerprint density at radius 3 is 2.62 bits per heavy atom. The molecule has 0 aromatic carbocycles. The van der Waals surface area contributed by atoms with Crippen LogP contribution < -0.4 is 5.73 Å². The second-order valence-corrected chi connectivity index (χ2v) is 4.94. The van der Waals surface area contributed by atoms with E-state index in [9.17, 15) is 22.8 Å². The van der Waals surface area contributed by atoms with E-state index in [1.165, 1.54) is 5.38 Å². The average molecular weight is 325 g/mol. The van der Waals surface area contributed by atoms with Crippen molar-refractivity contribution >= 4 is 23.2 Å². The molecule has 0 saturated heterocycles. The summed E-state index contributed by atoms with van der Waals surface area (Å²) in [5, 5.41) is 1.78. The van der Waals surface area contributed by atoms with E-state index in [1.807, 2.05) is 0 Å². The van der Waals surface area contributed by atoms with Crippen LogP contribution in [0.1, 0.15) is 21.9 Å². The molecule has 1 aromatic heterocycles. The lowest BCUT2D eigenvalue weighted by Crippen LogP contribution is -2.40. The Labute approximate surface area is 122 Å². The van der Waals surface area contributed by atoms with E-state index in [0.717, 1.165) is 18.4 Å². The summed E-state index contributed by atoms with van der Waals surface area (Å²) < 4.78 is 41.9. The van der Waals surface area contributed by atoms with Crippen molar-refractivity contribution in [3.63, 3.8) is 0 Å². The van der Waals surface area contributed by atoms with Crippen molar-refractivity contribution in [3.05, 3.63) is 16.1 Å². The fourth-order valence-corrected chi connectivity index (χ4v) is 2.11. The highest BCUT2D eigenvalue weighted by molar-refractivity contribution is 7.09. The van der Waals surface area contributed by atoms with Crippen LogP contribution in [-0.2, 0) is 16.1 Å². The molecule has 0 fully saturated rings. The number of aromatic nitrogens is 1. The summed E-state index contributed by atoms with van der Waals surface area (Å²) in [4.78, 5) is 27.4. The molecule has 118 valence electrons. The Morgan fingerprint density at radius 1 is 1.48 bits per heavy atom.